The second kappa shape index (κ2) is 7.37. The molecule has 6 heteroatoms. The van der Waals surface area contributed by atoms with Crippen LogP contribution in [0.3, 0.4) is 0 Å². The van der Waals surface area contributed by atoms with Gasteiger partial charge in [0.15, 0.2) is 0 Å². The molecule has 1 amide bonds. The average Bonchev–Trinajstić information content (AvgIpc) is 3.19. The topological polar surface area (TPSA) is 70.4 Å². The number of benzene rings is 1. The van der Waals surface area contributed by atoms with E-state index < -0.39 is 0 Å². The Hall–Kier alpha value is -2.34. The SMILES string of the molecule is O=C(NC12CC3CC(CC(C3)C1)C2)c1cnn(-c2ccccc2)c1N1CCC(O)CC1. The van der Waals surface area contributed by atoms with Crippen LogP contribution in [0.4, 0.5) is 5.82 Å². The van der Waals surface area contributed by atoms with Gasteiger partial charge in [-0.2, -0.15) is 5.10 Å². The summed E-state index contributed by atoms with van der Waals surface area (Å²) in [5.74, 6) is 3.26. The molecule has 0 unspecified atom stereocenters. The number of nitrogens with zero attached hydrogens (tertiary/aromatic N) is 3. The van der Waals surface area contributed by atoms with Crippen LogP contribution in [0.15, 0.2) is 36.5 Å². The lowest BCUT2D eigenvalue weighted by Crippen LogP contribution is -2.59. The van der Waals surface area contributed by atoms with E-state index in [9.17, 15) is 9.90 Å². The number of para-hydroxylation sites is 1. The number of piperidine rings is 1. The molecule has 4 aliphatic carbocycles. The summed E-state index contributed by atoms with van der Waals surface area (Å²) < 4.78 is 1.90. The molecule has 2 N–H and O–H groups in total. The number of nitrogens with one attached hydrogen (secondary N) is 1. The van der Waals surface area contributed by atoms with Gasteiger partial charge in [-0.05, 0) is 81.3 Å². The molecule has 1 aromatic heterocycles. The van der Waals surface area contributed by atoms with E-state index in [1.165, 1.54) is 19.3 Å². The number of hydrogen-bond acceptors (Lipinski definition) is 4. The van der Waals surface area contributed by atoms with Crippen LogP contribution >= 0.6 is 0 Å². The van der Waals surface area contributed by atoms with Crippen LogP contribution in [-0.4, -0.2) is 45.5 Å². The van der Waals surface area contributed by atoms with Crippen LogP contribution in [0.25, 0.3) is 5.69 Å². The molecule has 7 rings (SSSR count). The van der Waals surface area contributed by atoms with Crippen molar-refractivity contribution in [3.63, 3.8) is 0 Å². The molecule has 31 heavy (non-hydrogen) atoms. The van der Waals surface area contributed by atoms with Crippen molar-refractivity contribution in [3.8, 4) is 5.69 Å². The van der Waals surface area contributed by atoms with Crippen LogP contribution in [0.5, 0.6) is 0 Å². The minimum absolute atomic E-state index is 0.0178. The van der Waals surface area contributed by atoms with Gasteiger partial charge in [0, 0.05) is 18.6 Å². The highest BCUT2D eigenvalue weighted by molar-refractivity contribution is 5.99. The van der Waals surface area contributed by atoms with Crippen molar-refractivity contribution in [2.75, 3.05) is 18.0 Å². The number of aromatic nitrogens is 2. The van der Waals surface area contributed by atoms with Crippen molar-refractivity contribution in [1.29, 1.82) is 0 Å². The fourth-order valence-electron chi connectivity index (χ4n) is 7.21. The molecule has 0 radical (unpaired) electrons. The summed E-state index contributed by atoms with van der Waals surface area (Å²) >= 11 is 0. The number of aliphatic hydroxyl groups is 1. The Balaban J connectivity index is 1.33. The van der Waals surface area contributed by atoms with Crippen molar-refractivity contribution in [2.45, 2.75) is 63.0 Å². The van der Waals surface area contributed by atoms with E-state index in [4.69, 9.17) is 0 Å². The van der Waals surface area contributed by atoms with Gasteiger partial charge in [-0.15, -0.1) is 0 Å². The quantitative estimate of drug-likeness (QED) is 0.794. The molecule has 4 saturated carbocycles. The number of carbonyl (C=O) groups is 1. The molecule has 1 aromatic carbocycles. The van der Waals surface area contributed by atoms with Crippen LogP contribution in [0, 0.1) is 17.8 Å². The highest BCUT2D eigenvalue weighted by atomic mass is 16.3. The summed E-state index contributed by atoms with van der Waals surface area (Å²) in [5, 5.41) is 18.2. The molecule has 2 heterocycles. The minimum Gasteiger partial charge on any atom is -0.393 e. The number of hydrogen-bond donors (Lipinski definition) is 2. The summed E-state index contributed by atoms with van der Waals surface area (Å²) in [6.07, 6.45) is 10.4. The standard InChI is InChI=1S/C25H32N4O2/c30-21-6-8-28(9-7-21)24-22(16-26-29(24)20-4-2-1-3-5-20)23(31)27-25-13-17-10-18(14-25)12-19(11-17)15-25/h1-5,16-19,21,30H,6-15H2,(H,27,31). The average molecular weight is 421 g/mol. The molecular weight excluding hydrogens is 388 g/mol. The summed E-state index contributed by atoms with van der Waals surface area (Å²) in [5.41, 5.74) is 1.60. The number of amides is 1. The van der Waals surface area contributed by atoms with E-state index in [1.54, 1.807) is 6.20 Å². The lowest BCUT2D eigenvalue weighted by molar-refractivity contribution is -0.0166. The van der Waals surface area contributed by atoms with E-state index >= 15 is 0 Å². The Morgan fingerprint density at radius 2 is 1.61 bits per heavy atom. The molecule has 5 fully saturated rings. The minimum atomic E-state index is -0.256. The van der Waals surface area contributed by atoms with E-state index in [1.807, 2.05) is 35.0 Å². The number of carbonyl (C=O) groups excluding carboxylic acids is 1. The summed E-state index contributed by atoms with van der Waals surface area (Å²) in [6, 6.07) is 10.0. The highest BCUT2D eigenvalue weighted by Gasteiger charge is 2.51. The van der Waals surface area contributed by atoms with E-state index in [2.05, 4.69) is 15.3 Å². The zero-order chi connectivity index (χ0) is 21.0. The summed E-state index contributed by atoms with van der Waals surface area (Å²) in [6.45, 7) is 1.47. The molecule has 6 nitrogen and oxygen atoms in total. The summed E-state index contributed by atoms with van der Waals surface area (Å²) in [7, 11) is 0. The van der Waals surface area contributed by atoms with Crippen LogP contribution < -0.4 is 10.2 Å². The molecule has 0 spiro atoms. The molecule has 1 aliphatic heterocycles. The van der Waals surface area contributed by atoms with Crippen molar-refractivity contribution in [1.82, 2.24) is 15.1 Å². The normalized spacial score (nSPS) is 32.4. The van der Waals surface area contributed by atoms with E-state index in [0.717, 1.165) is 74.5 Å². The first kappa shape index (κ1) is 19.4. The van der Waals surface area contributed by atoms with Gasteiger partial charge >= 0.3 is 0 Å². The Labute approximate surface area is 183 Å². The maximum absolute atomic E-state index is 13.7. The van der Waals surface area contributed by atoms with Gasteiger partial charge in [-0.1, -0.05) is 18.2 Å². The Morgan fingerprint density at radius 3 is 2.23 bits per heavy atom. The third-order valence-electron chi connectivity index (χ3n) is 8.17. The predicted molar refractivity (Wildman–Crippen MR) is 119 cm³/mol. The maximum atomic E-state index is 13.7. The molecular formula is C25H32N4O2. The lowest BCUT2D eigenvalue weighted by Gasteiger charge is -2.56. The van der Waals surface area contributed by atoms with Gasteiger partial charge in [0.2, 0.25) is 0 Å². The smallest absolute Gasteiger partial charge is 0.257 e. The van der Waals surface area contributed by atoms with Crippen molar-refractivity contribution < 1.29 is 9.90 Å². The molecule has 164 valence electrons. The van der Waals surface area contributed by atoms with E-state index in [-0.39, 0.29) is 17.6 Å². The van der Waals surface area contributed by atoms with Crippen molar-refractivity contribution in [3.05, 3.63) is 42.1 Å². The van der Waals surface area contributed by atoms with Crippen molar-refractivity contribution in [2.24, 2.45) is 17.8 Å². The molecule has 1 saturated heterocycles. The highest BCUT2D eigenvalue weighted by Crippen LogP contribution is 2.55. The van der Waals surface area contributed by atoms with Gasteiger partial charge in [0.25, 0.3) is 5.91 Å². The Bertz CT molecular complexity index is 926. The van der Waals surface area contributed by atoms with Crippen LogP contribution in [0.1, 0.15) is 61.7 Å². The Kier molecular flexibility index (Phi) is 4.60. The molecule has 2 aromatic rings. The zero-order valence-corrected chi connectivity index (χ0v) is 18.0. The first-order valence-corrected chi connectivity index (χ1v) is 12.0. The lowest BCUT2D eigenvalue weighted by atomic mass is 9.53. The second-order valence-corrected chi connectivity index (χ2v) is 10.5. The fraction of sp³-hybridized carbons (Fsp3) is 0.600. The Morgan fingerprint density at radius 1 is 1.00 bits per heavy atom. The number of rotatable bonds is 4. The number of aliphatic hydroxyl groups excluding tert-OH is 1. The first-order valence-electron chi connectivity index (χ1n) is 12.0. The maximum Gasteiger partial charge on any atom is 0.257 e. The van der Waals surface area contributed by atoms with Crippen LogP contribution in [-0.2, 0) is 0 Å². The van der Waals surface area contributed by atoms with Gasteiger partial charge in [-0.3, -0.25) is 4.79 Å². The van der Waals surface area contributed by atoms with Crippen molar-refractivity contribution >= 4 is 11.7 Å². The molecule has 0 atom stereocenters. The fourth-order valence-corrected chi connectivity index (χ4v) is 7.21. The first-order chi connectivity index (χ1) is 15.1. The third kappa shape index (κ3) is 3.45. The van der Waals surface area contributed by atoms with Gasteiger partial charge in [0.1, 0.15) is 11.4 Å². The number of anilines is 1. The van der Waals surface area contributed by atoms with Gasteiger partial charge < -0.3 is 15.3 Å². The second-order valence-electron chi connectivity index (χ2n) is 10.5. The summed E-state index contributed by atoms with van der Waals surface area (Å²) in [4.78, 5) is 15.9. The monoisotopic (exact) mass is 420 g/mol. The van der Waals surface area contributed by atoms with Gasteiger partial charge in [0.05, 0.1) is 18.0 Å². The van der Waals surface area contributed by atoms with Crippen LogP contribution in [0.2, 0.25) is 0 Å². The predicted octanol–water partition coefficient (Wildman–Crippen LogP) is 3.53. The zero-order valence-electron chi connectivity index (χ0n) is 18.0. The third-order valence-corrected chi connectivity index (χ3v) is 8.17. The van der Waals surface area contributed by atoms with Gasteiger partial charge in [-0.25, -0.2) is 4.68 Å². The van der Waals surface area contributed by atoms with E-state index in [0.29, 0.717) is 5.56 Å². The molecule has 4 bridgehead atoms. The largest absolute Gasteiger partial charge is 0.393 e. The molecule has 5 aliphatic rings.